The van der Waals surface area contributed by atoms with Gasteiger partial charge in [-0.1, -0.05) is 0 Å². The SMILES string of the molecule is CCNC(=NCc1cc(F)ccc1F)NCCc1cc(F)cc2c1OCOC2.I. The van der Waals surface area contributed by atoms with Crippen molar-refractivity contribution >= 4 is 29.9 Å². The molecule has 0 radical (unpaired) electrons. The molecule has 0 spiro atoms. The predicted molar refractivity (Wildman–Crippen MR) is 115 cm³/mol. The summed E-state index contributed by atoms with van der Waals surface area (Å²) in [5.41, 5.74) is 1.59. The van der Waals surface area contributed by atoms with Crippen LogP contribution in [0.5, 0.6) is 5.75 Å². The zero-order valence-electron chi connectivity index (χ0n) is 15.9. The molecule has 1 heterocycles. The van der Waals surface area contributed by atoms with E-state index in [1.54, 1.807) is 0 Å². The molecule has 3 rings (SSSR count). The second kappa shape index (κ2) is 11.2. The van der Waals surface area contributed by atoms with E-state index >= 15 is 0 Å². The van der Waals surface area contributed by atoms with Crippen molar-refractivity contribution in [3.05, 3.63) is 64.5 Å². The molecule has 0 fully saturated rings. The molecule has 2 aromatic rings. The minimum Gasteiger partial charge on any atom is -0.467 e. The lowest BCUT2D eigenvalue weighted by atomic mass is 10.1. The molecule has 0 bridgehead atoms. The molecule has 0 saturated carbocycles. The Morgan fingerprint density at radius 1 is 1.07 bits per heavy atom. The van der Waals surface area contributed by atoms with Crippen molar-refractivity contribution in [2.24, 2.45) is 4.99 Å². The van der Waals surface area contributed by atoms with E-state index in [1.807, 2.05) is 6.92 Å². The fraction of sp³-hybridized carbons (Fsp3) is 0.350. The number of aliphatic imine (C=N–C) groups is 1. The molecule has 29 heavy (non-hydrogen) atoms. The maximum atomic E-state index is 13.8. The van der Waals surface area contributed by atoms with E-state index < -0.39 is 11.6 Å². The van der Waals surface area contributed by atoms with Crippen LogP contribution in [0.15, 0.2) is 35.3 Å². The first-order valence-electron chi connectivity index (χ1n) is 9.04. The summed E-state index contributed by atoms with van der Waals surface area (Å²) in [5.74, 6) is -0.250. The van der Waals surface area contributed by atoms with Crippen molar-refractivity contribution in [2.75, 3.05) is 19.9 Å². The van der Waals surface area contributed by atoms with Crippen LogP contribution in [0.2, 0.25) is 0 Å². The molecule has 0 aliphatic carbocycles. The van der Waals surface area contributed by atoms with Gasteiger partial charge in [0.25, 0.3) is 0 Å². The first-order chi connectivity index (χ1) is 13.6. The highest BCUT2D eigenvalue weighted by molar-refractivity contribution is 14.0. The van der Waals surface area contributed by atoms with E-state index in [0.29, 0.717) is 43.4 Å². The molecular weight excluding hydrogens is 498 g/mol. The van der Waals surface area contributed by atoms with E-state index in [9.17, 15) is 13.2 Å². The van der Waals surface area contributed by atoms with E-state index in [-0.39, 0.29) is 48.7 Å². The normalized spacial score (nSPS) is 13.2. The van der Waals surface area contributed by atoms with Gasteiger partial charge < -0.3 is 20.1 Å². The van der Waals surface area contributed by atoms with Gasteiger partial charge in [0.1, 0.15) is 23.2 Å². The fourth-order valence-electron chi connectivity index (χ4n) is 2.93. The summed E-state index contributed by atoms with van der Waals surface area (Å²) in [4.78, 5) is 4.28. The Kier molecular flexibility index (Phi) is 9.02. The molecule has 2 N–H and O–H groups in total. The average Bonchev–Trinajstić information content (AvgIpc) is 2.68. The number of ether oxygens (including phenoxy) is 2. The third-order valence-electron chi connectivity index (χ3n) is 4.20. The van der Waals surface area contributed by atoms with E-state index in [2.05, 4.69) is 15.6 Å². The Labute approximate surface area is 184 Å². The minimum atomic E-state index is -0.510. The van der Waals surface area contributed by atoms with Gasteiger partial charge in [-0.3, -0.25) is 0 Å². The van der Waals surface area contributed by atoms with Gasteiger partial charge in [-0.05, 0) is 49.2 Å². The van der Waals surface area contributed by atoms with Crippen LogP contribution in [0.25, 0.3) is 0 Å². The maximum Gasteiger partial charge on any atom is 0.191 e. The Morgan fingerprint density at radius 3 is 2.66 bits per heavy atom. The second-order valence-electron chi connectivity index (χ2n) is 6.27. The quantitative estimate of drug-likeness (QED) is 0.344. The Bertz CT molecular complexity index is 865. The number of halogens is 4. The minimum absolute atomic E-state index is 0. The maximum absolute atomic E-state index is 13.8. The van der Waals surface area contributed by atoms with Crippen LogP contribution in [0.4, 0.5) is 13.2 Å². The molecule has 2 aromatic carbocycles. The van der Waals surface area contributed by atoms with Crippen molar-refractivity contribution < 1.29 is 22.6 Å². The second-order valence-corrected chi connectivity index (χ2v) is 6.27. The van der Waals surface area contributed by atoms with Gasteiger partial charge in [0.15, 0.2) is 12.8 Å². The Balaban J connectivity index is 0.00000300. The van der Waals surface area contributed by atoms with Crippen molar-refractivity contribution in [2.45, 2.75) is 26.5 Å². The van der Waals surface area contributed by atoms with Gasteiger partial charge in [0.2, 0.25) is 0 Å². The zero-order chi connectivity index (χ0) is 19.9. The highest BCUT2D eigenvalue weighted by Gasteiger charge is 2.16. The summed E-state index contributed by atoms with van der Waals surface area (Å²) in [6, 6.07) is 6.12. The largest absolute Gasteiger partial charge is 0.467 e. The number of fused-ring (bicyclic) bond motifs is 1. The summed E-state index contributed by atoms with van der Waals surface area (Å²) in [5, 5.41) is 6.16. The van der Waals surface area contributed by atoms with Crippen molar-refractivity contribution in [1.29, 1.82) is 0 Å². The van der Waals surface area contributed by atoms with Crippen LogP contribution in [-0.4, -0.2) is 25.8 Å². The third kappa shape index (κ3) is 6.49. The number of hydrogen-bond donors (Lipinski definition) is 2. The van der Waals surface area contributed by atoms with Crippen molar-refractivity contribution in [1.82, 2.24) is 10.6 Å². The van der Waals surface area contributed by atoms with E-state index in [4.69, 9.17) is 9.47 Å². The van der Waals surface area contributed by atoms with E-state index in [0.717, 1.165) is 23.8 Å². The molecule has 1 aliphatic heterocycles. The number of guanidine groups is 1. The molecule has 9 heteroatoms. The van der Waals surface area contributed by atoms with Gasteiger partial charge in [-0.25, -0.2) is 18.2 Å². The van der Waals surface area contributed by atoms with Crippen LogP contribution in [-0.2, 0) is 24.3 Å². The summed E-state index contributed by atoms with van der Waals surface area (Å²) >= 11 is 0. The monoisotopic (exact) mass is 521 g/mol. The molecule has 0 unspecified atom stereocenters. The number of hydrogen-bond acceptors (Lipinski definition) is 3. The molecule has 158 valence electrons. The van der Waals surface area contributed by atoms with Crippen LogP contribution in [0.1, 0.15) is 23.6 Å². The topological polar surface area (TPSA) is 54.9 Å². The lowest BCUT2D eigenvalue weighted by Crippen LogP contribution is -2.38. The highest BCUT2D eigenvalue weighted by atomic mass is 127. The van der Waals surface area contributed by atoms with Gasteiger partial charge in [-0.15, -0.1) is 24.0 Å². The summed E-state index contributed by atoms with van der Waals surface area (Å²) in [7, 11) is 0. The van der Waals surface area contributed by atoms with Crippen LogP contribution >= 0.6 is 24.0 Å². The van der Waals surface area contributed by atoms with Crippen LogP contribution in [0, 0.1) is 17.5 Å². The van der Waals surface area contributed by atoms with Gasteiger partial charge in [-0.2, -0.15) is 0 Å². The molecule has 0 saturated heterocycles. The summed E-state index contributed by atoms with van der Waals surface area (Å²) in [6.45, 7) is 3.41. The molecule has 0 aromatic heterocycles. The average molecular weight is 521 g/mol. The molecular formula is C20H23F3IN3O2. The standard InChI is InChI=1S/C20H22F3N3O2.HI/c1-2-24-20(26-10-14-8-16(21)3-4-18(14)23)25-6-5-13-7-17(22)9-15-11-27-12-28-19(13)15;/h3-4,7-9H,2,5-6,10-12H2,1H3,(H2,24,25,26);1H. The first kappa shape index (κ1) is 23.3. The molecule has 0 amide bonds. The fourth-order valence-corrected chi connectivity index (χ4v) is 2.93. The number of nitrogens with one attached hydrogen (secondary N) is 2. The summed E-state index contributed by atoms with van der Waals surface area (Å²) < 4.78 is 51.5. The number of nitrogens with zero attached hydrogens (tertiary/aromatic N) is 1. The third-order valence-corrected chi connectivity index (χ3v) is 4.20. The first-order valence-corrected chi connectivity index (χ1v) is 9.04. The van der Waals surface area contributed by atoms with Gasteiger partial charge in [0.05, 0.1) is 13.2 Å². The van der Waals surface area contributed by atoms with Crippen molar-refractivity contribution in [3.63, 3.8) is 0 Å². The Morgan fingerprint density at radius 2 is 1.86 bits per heavy atom. The number of benzene rings is 2. The lowest BCUT2D eigenvalue weighted by Gasteiger charge is -2.21. The van der Waals surface area contributed by atoms with Crippen LogP contribution in [0.3, 0.4) is 0 Å². The summed E-state index contributed by atoms with van der Waals surface area (Å²) in [6.07, 6.45) is 0.499. The van der Waals surface area contributed by atoms with Gasteiger partial charge >= 0.3 is 0 Å². The van der Waals surface area contributed by atoms with Crippen LogP contribution < -0.4 is 15.4 Å². The highest BCUT2D eigenvalue weighted by Crippen LogP contribution is 2.29. The Hall–Kier alpha value is -2.01. The lowest BCUT2D eigenvalue weighted by molar-refractivity contribution is -0.0172. The zero-order valence-corrected chi connectivity index (χ0v) is 18.3. The van der Waals surface area contributed by atoms with E-state index in [1.165, 1.54) is 12.1 Å². The van der Waals surface area contributed by atoms with Crippen molar-refractivity contribution in [3.8, 4) is 5.75 Å². The predicted octanol–water partition coefficient (Wildman–Crippen LogP) is 3.89. The smallest absolute Gasteiger partial charge is 0.191 e. The molecule has 1 aliphatic rings. The molecule has 5 nitrogen and oxygen atoms in total. The number of rotatable bonds is 6. The van der Waals surface area contributed by atoms with Gasteiger partial charge in [0, 0.05) is 24.2 Å². The molecule has 0 atom stereocenters.